The van der Waals surface area contributed by atoms with Crippen LogP contribution in [-0.4, -0.2) is 37.1 Å². The maximum absolute atomic E-state index is 3.77. The van der Waals surface area contributed by atoms with E-state index in [0.29, 0.717) is 0 Å². The van der Waals surface area contributed by atoms with Crippen molar-refractivity contribution in [1.82, 2.24) is 10.2 Å². The van der Waals surface area contributed by atoms with E-state index in [0.717, 1.165) is 18.0 Å². The van der Waals surface area contributed by atoms with E-state index in [4.69, 9.17) is 0 Å². The first-order valence-electron chi connectivity index (χ1n) is 6.69. The van der Waals surface area contributed by atoms with Gasteiger partial charge in [-0.2, -0.15) is 0 Å². The summed E-state index contributed by atoms with van der Waals surface area (Å²) in [5.41, 5.74) is 0. The normalized spacial score (nSPS) is 38.4. The molecular weight excluding hydrogens is 184 g/mol. The molecule has 0 radical (unpaired) electrons. The minimum Gasteiger partial charge on any atom is -0.312 e. The lowest BCUT2D eigenvalue weighted by Crippen LogP contribution is -2.41. The minimum atomic E-state index is 0.810. The van der Waals surface area contributed by atoms with E-state index in [1.165, 1.54) is 51.6 Å². The Balaban J connectivity index is 1.65. The number of nitrogens with zero attached hydrogens (tertiary/aromatic N) is 1. The zero-order valence-corrected chi connectivity index (χ0v) is 10.3. The van der Waals surface area contributed by atoms with Crippen molar-refractivity contribution in [3.8, 4) is 0 Å². The van der Waals surface area contributed by atoms with Crippen molar-refractivity contribution in [2.45, 2.75) is 57.5 Å². The Morgan fingerprint density at radius 2 is 1.87 bits per heavy atom. The number of rotatable bonds is 3. The molecule has 0 aromatic heterocycles. The van der Waals surface area contributed by atoms with Gasteiger partial charge in [0, 0.05) is 18.6 Å². The Bertz CT molecular complexity index is 185. The molecule has 0 amide bonds. The van der Waals surface area contributed by atoms with E-state index < -0.39 is 0 Å². The van der Waals surface area contributed by atoms with Gasteiger partial charge in [-0.05, 0) is 58.0 Å². The molecule has 2 heteroatoms. The van der Waals surface area contributed by atoms with Gasteiger partial charge in [0.1, 0.15) is 0 Å². The molecule has 0 aromatic rings. The average molecular weight is 210 g/mol. The average Bonchev–Trinajstić information content (AvgIpc) is 2.63. The molecule has 15 heavy (non-hydrogen) atoms. The Hall–Kier alpha value is -0.0800. The summed E-state index contributed by atoms with van der Waals surface area (Å²) in [5, 5.41) is 3.77. The highest BCUT2D eigenvalue weighted by Gasteiger charge is 2.23. The van der Waals surface area contributed by atoms with Crippen LogP contribution in [-0.2, 0) is 0 Å². The molecule has 1 unspecified atom stereocenters. The van der Waals surface area contributed by atoms with Crippen molar-refractivity contribution in [1.29, 1.82) is 0 Å². The molecule has 1 aliphatic carbocycles. The first kappa shape index (κ1) is 11.4. The van der Waals surface area contributed by atoms with E-state index >= 15 is 0 Å². The van der Waals surface area contributed by atoms with Crippen LogP contribution in [0.3, 0.4) is 0 Å². The van der Waals surface area contributed by atoms with E-state index in [1.807, 2.05) is 0 Å². The third-order valence-electron chi connectivity index (χ3n) is 4.33. The fraction of sp³-hybridized carbons (Fsp3) is 1.00. The van der Waals surface area contributed by atoms with Crippen LogP contribution in [0.1, 0.15) is 45.4 Å². The molecule has 2 aliphatic rings. The van der Waals surface area contributed by atoms with Crippen molar-refractivity contribution in [3.05, 3.63) is 0 Å². The Morgan fingerprint density at radius 1 is 1.13 bits per heavy atom. The summed E-state index contributed by atoms with van der Waals surface area (Å²) in [5.74, 6) is 0.970. The standard InChI is InChI=1S/C13H26N2/c1-11-5-7-12(8-6-11)14-10-13-4-3-9-15(13)2/h11-14H,3-10H2,1-2H3. The Labute approximate surface area is 94.4 Å². The predicted molar refractivity (Wildman–Crippen MR) is 65.1 cm³/mol. The number of likely N-dealkylation sites (N-methyl/N-ethyl adjacent to an activating group) is 1. The summed E-state index contributed by atoms with van der Waals surface area (Å²) in [6.07, 6.45) is 8.45. The van der Waals surface area contributed by atoms with Crippen molar-refractivity contribution in [2.24, 2.45) is 5.92 Å². The molecule has 0 bridgehead atoms. The van der Waals surface area contributed by atoms with Crippen LogP contribution in [0.15, 0.2) is 0 Å². The minimum absolute atomic E-state index is 0.810. The van der Waals surface area contributed by atoms with Gasteiger partial charge in [0.05, 0.1) is 0 Å². The molecule has 1 atom stereocenters. The molecule has 88 valence electrons. The van der Waals surface area contributed by atoms with E-state index in [2.05, 4.69) is 24.2 Å². The molecule has 2 fully saturated rings. The topological polar surface area (TPSA) is 15.3 Å². The van der Waals surface area contributed by atoms with Gasteiger partial charge in [-0.25, -0.2) is 0 Å². The van der Waals surface area contributed by atoms with E-state index in [9.17, 15) is 0 Å². The molecule has 2 rings (SSSR count). The molecule has 0 aromatic carbocycles. The van der Waals surface area contributed by atoms with Gasteiger partial charge in [-0.3, -0.25) is 0 Å². The zero-order chi connectivity index (χ0) is 10.7. The highest BCUT2D eigenvalue weighted by atomic mass is 15.2. The Kier molecular flexibility index (Phi) is 4.04. The molecule has 1 saturated carbocycles. The summed E-state index contributed by atoms with van der Waals surface area (Å²) in [6.45, 7) is 4.91. The second-order valence-corrected chi connectivity index (χ2v) is 5.64. The Morgan fingerprint density at radius 3 is 2.47 bits per heavy atom. The van der Waals surface area contributed by atoms with Crippen LogP contribution in [0.2, 0.25) is 0 Å². The number of hydrogen-bond acceptors (Lipinski definition) is 2. The molecule has 1 N–H and O–H groups in total. The second-order valence-electron chi connectivity index (χ2n) is 5.64. The lowest BCUT2D eigenvalue weighted by Gasteiger charge is -2.29. The smallest absolute Gasteiger partial charge is 0.0218 e. The van der Waals surface area contributed by atoms with Crippen molar-refractivity contribution in [2.75, 3.05) is 20.1 Å². The molecule has 2 nitrogen and oxygen atoms in total. The molecule has 1 aliphatic heterocycles. The van der Waals surface area contributed by atoms with Crippen molar-refractivity contribution in [3.63, 3.8) is 0 Å². The van der Waals surface area contributed by atoms with E-state index in [-0.39, 0.29) is 0 Å². The summed E-state index contributed by atoms with van der Waals surface area (Å²) < 4.78 is 0. The van der Waals surface area contributed by atoms with Crippen LogP contribution in [0.25, 0.3) is 0 Å². The third-order valence-corrected chi connectivity index (χ3v) is 4.33. The van der Waals surface area contributed by atoms with Gasteiger partial charge in [0.25, 0.3) is 0 Å². The molecule has 1 saturated heterocycles. The van der Waals surface area contributed by atoms with Gasteiger partial charge >= 0.3 is 0 Å². The fourth-order valence-electron chi connectivity index (χ4n) is 3.00. The zero-order valence-electron chi connectivity index (χ0n) is 10.3. The fourth-order valence-corrected chi connectivity index (χ4v) is 3.00. The van der Waals surface area contributed by atoms with Gasteiger partial charge in [-0.1, -0.05) is 6.92 Å². The van der Waals surface area contributed by atoms with Crippen LogP contribution in [0.5, 0.6) is 0 Å². The lowest BCUT2D eigenvalue weighted by atomic mass is 9.87. The van der Waals surface area contributed by atoms with Crippen LogP contribution in [0, 0.1) is 5.92 Å². The summed E-state index contributed by atoms with van der Waals surface area (Å²) in [4.78, 5) is 2.51. The second kappa shape index (κ2) is 5.31. The molecule has 1 heterocycles. The van der Waals surface area contributed by atoms with Crippen LogP contribution >= 0.6 is 0 Å². The SMILES string of the molecule is CC1CCC(NCC2CCCN2C)CC1. The quantitative estimate of drug-likeness (QED) is 0.768. The number of likely N-dealkylation sites (tertiary alicyclic amines) is 1. The van der Waals surface area contributed by atoms with Gasteiger partial charge < -0.3 is 10.2 Å². The van der Waals surface area contributed by atoms with Gasteiger partial charge in [-0.15, -0.1) is 0 Å². The van der Waals surface area contributed by atoms with Gasteiger partial charge in [0.15, 0.2) is 0 Å². The summed E-state index contributed by atoms with van der Waals surface area (Å²) in [7, 11) is 2.27. The van der Waals surface area contributed by atoms with Crippen molar-refractivity contribution >= 4 is 0 Å². The van der Waals surface area contributed by atoms with Crippen LogP contribution in [0.4, 0.5) is 0 Å². The highest BCUT2D eigenvalue weighted by molar-refractivity contribution is 4.82. The summed E-state index contributed by atoms with van der Waals surface area (Å²) >= 11 is 0. The lowest BCUT2D eigenvalue weighted by molar-refractivity contribution is 0.260. The first-order chi connectivity index (χ1) is 7.25. The first-order valence-corrected chi connectivity index (χ1v) is 6.69. The highest BCUT2D eigenvalue weighted by Crippen LogP contribution is 2.23. The third kappa shape index (κ3) is 3.18. The monoisotopic (exact) mass is 210 g/mol. The maximum atomic E-state index is 3.77. The van der Waals surface area contributed by atoms with Crippen LogP contribution < -0.4 is 5.32 Å². The maximum Gasteiger partial charge on any atom is 0.0218 e. The summed E-state index contributed by atoms with van der Waals surface area (Å²) in [6, 6.07) is 1.62. The number of nitrogens with one attached hydrogen (secondary N) is 1. The predicted octanol–water partition coefficient (Wildman–Crippen LogP) is 2.25. The van der Waals surface area contributed by atoms with Gasteiger partial charge in [0.2, 0.25) is 0 Å². The number of hydrogen-bond donors (Lipinski definition) is 1. The van der Waals surface area contributed by atoms with Crippen molar-refractivity contribution < 1.29 is 0 Å². The van der Waals surface area contributed by atoms with E-state index in [1.54, 1.807) is 0 Å². The molecule has 0 spiro atoms. The largest absolute Gasteiger partial charge is 0.312 e. The molecular formula is C13H26N2.